The van der Waals surface area contributed by atoms with Gasteiger partial charge in [-0.25, -0.2) is 4.79 Å². The molecule has 0 spiro atoms. The van der Waals surface area contributed by atoms with Gasteiger partial charge in [0.05, 0.1) is 6.04 Å². The maximum atomic E-state index is 13.4. The Kier molecular flexibility index (Phi) is 5.24. The van der Waals surface area contributed by atoms with E-state index in [0.717, 1.165) is 42.0 Å². The summed E-state index contributed by atoms with van der Waals surface area (Å²) in [6.07, 6.45) is 9.73. The summed E-state index contributed by atoms with van der Waals surface area (Å²) in [4.78, 5) is 27.8. The third-order valence-corrected chi connectivity index (χ3v) is 6.91. The molecule has 0 N–H and O–H groups in total. The number of allylic oxidation sites excluding steroid dienone is 3. The third kappa shape index (κ3) is 3.83. The fourth-order valence-electron chi connectivity index (χ4n) is 5.00. The third-order valence-electron chi connectivity index (χ3n) is 6.91. The summed E-state index contributed by atoms with van der Waals surface area (Å²) in [6.45, 7) is 7.24. The molecule has 0 amide bonds. The number of esters is 1. The van der Waals surface area contributed by atoms with E-state index in [1.54, 1.807) is 12.1 Å². The maximum Gasteiger partial charge on any atom is 0.336 e. The molecule has 0 saturated heterocycles. The molecule has 4 heteroatoms. The Morgan fingerprint density at radius 2 is 2.03 bits per heavy atom. The summed E-state index contributed by atoms with van der Waals surface area (Å²) in [6, 6.07) is 5.51. The van der Waals surface area contributed by atoms with Gasteiger partial charge in [0, 0.05) is 18.2 Å². The zero-order chi connectivity index (χ0) is 20.8. The summed E-state index contributed by atoms with van der Waals surface area (Å²) < 4.78 is 5.51. The molecule has 29 heavy (non-hydrogen) atoms. The molecule has 1 aromatic carbocycles. The van der Waals surface area contributed by atoms with Crippen LogP contribution in [0.1, 0.15) is 62.4 Å². The fourth-order valence-corrected chi connectivity index (χ4v) is 5.00. The second-order valence-electron chi connectivity index (χ2n) is 9.49. The number of fused-ring (bicyclic) bond motifs is 3. The van der Waals surface area contributed by atoms with Crippen molar-refractivity contribution < 1.29 is 14.3 Å². The number of carbonyl (C=O) groups excluding carboxylic acids is 2. The summed E-state index contributed by atoms with van der Waals surface area (Å²) in [5.41, 5.74) is 2.95. The summed E-state index contributed by atoms with van der Waals surface area (Å²) in [7, 11) is 2.11. The van der Waals surface area contributed by atoms with Crippen molar-refractivity contribution >= 4 is 11.8 Å². The topological polar surface area (TPSA) is 46.6 Å². The number of ether oxygens (including phenoxy) is 1. The lowest BCUT2D eigenvalue weighted by molar-refractivity contribution is -0.129. The molecule has 4 rings (SSSR count). The Morgan fingerprint density at radius 1 is 1.28 bits per heavy atom. The summed E-state index contributed by atoms with van der Waals surface area (Å²) in [5.74, 6) is 1.45. The van der Waals surface area contributed by atoms with Gasteiger partial charge in [-0.1, -0.05) is 24.6 Å². The minimum Gasteiger partial charge on any atom is -0.423 e. The molecule has 3 aliphatic rings. The Morgan fingerprint density at radius 3 is 2.66 bits per heavy atom. The second kappa shape index (κ2) is 7.56. The van der Waals surface area contributed by atoms with Crippen LogP contribution in [0.25, 0.3) is 0 Å². The predicted octanol–water partition coefficient (Wildman–Crippen LogP) is 4.69. The van der Waals surface area contributed by atoms with Gasteiger partial charge in [0.25, 0.3) is 0 Å². The number of benzene rings is 1. The van der Waals surface area contributed by atoms with E-state index in [9.17, 15) is 9.59 Å². The van der Waals surface area contributed by atoms with Crippen molar-refractivity contribution in [2.75, 3.05) is 13.6 Å². The van der Waals surface area contributed by atoms with Gasteiger partial charge < -0.3 is 4.74 Å². The van der Waals surface area contributed by atoms with Crippen LogP contribution in [-0.4, -0.2) is 36.3 Å². The quantitative estimate of drug-likeness (QED) is 0.304. The Labute approximate surface area is 173 Å². The van der Waals surface area contributed by atoms with Crippen LogP contribution >= 0.6 is 0 Å². The number of ketones is 1. The minimum absolute atomic E-state index is 0.0218. The number of likely N-dealkylation sites (N-methyl/N-ethyl adjacent to an activating group) is 1. The number of Topliss-reactive ketones (excluding diaryl/α,β-unsaturated/α-hetero) is 1. The molecule has 2 saturated carbocycles. The van der Waals surface area contributed by atoms with Crippen LogP contribution in [0, 0.1) is 11.8 Å². The van der Waals surface area contributed by atoms with E-state index in [4.69, 9.17) is 4.74 Å². The van der Waals surface area contributed by atoms with Crippen LogP contribution in [0.3, 0.4) is 0 Å². The van der Waals surface area contributed by atoms with E-state index in [0.29, 0.717) is 11.7 Å². The molecule has 0 radical (unpaired) electrons. The van der Waals surface area contributed by atoms with E-state index in [-0.39, 0.29) is 17.2 Å². The highest BCUT2D eigenvalue weighted by Gasteiger charge is 2.56. The Balaban J connectivity index is 1.57. The van der Waals surface area contributed by atoms with Crippen LogP contribution in [0.2, 0.25) is 0 Å². The van der Waals surface area contributed by atoms with Crippen molar-refractivity contribution in [3.8, 4) is 5.75 Å². The smallest absolute Gasteiger partial charge is 0.336 e. The number of rotatable bonds is 6. The summed E-state index contributed by atoms with van der Waals surface area (Å²) in [5, 5.41) is 0. The maximum absolute atomic E-state index is 13.4. The van der Waals surface area contributed by atoms with Gasteiger partial charge >= 0.3 is 5.97 Å². The first-order valence-corrected chi connectivity index (χ1v) is 10.7. The standard InChI is InChI=1S/C25H31NO3/c1-16(2)6-5-7-22(27)29-18-10-11-19-21(14-18)25(3)13-12-20(25)23(24(19)28)26(4)15-17-8-9-17/h5-7,10-11,14,17,20,23H,8-9,12-13,15H2,1-4H3/b7-5+/t20-,23-,25+/m0/s1. The second-order valence-corrected chi connectivity index (χ2v) is 9.49. The van der Waals surface area contributed by atoms with E-state index < -0.39 is 5.97 Å². The van der Waals surface area contributed by atoms with Gasteiger partial charge in [0.15, 0.2) is 5.78 Å². The van der Waals surface area contributed by atoms with Gasteiger partial charge in [-0.15, -0.1) is 0 Å². The van der Waals surface area contributed by atoms with Crippen molar-refractivity contribution in [1.29, 1.82) is 0 Å². The highest BCUT2D eigenvalue weighted by Crippen LogP contribution is 2.56. The SMILES string of the molecule is CC(C)=C/C=C/C(=O)Oc1ccc2c(c1)[C@]1(C)CC[C@H]1[C@H](N(C)CC1CC1)C2=O. The van der Waals surface area contributed by atoms with Crippen LogP contribution in [0.15, 0.2) is 42.0 Å². The van der Waals surface area contributed by atoms with Crippen LogP contribution < -0.4 is 4.74 Å². The number of hydrogen-bond donors (Lipinski definition) is 0. The lowest BCUT2D eigenvalue weighted by Gasteiger charge is -2.56. The lowest BCUT2D eigenvalue weighted by atomic mass is 9.50. The Hall–Kier alpha value is -2.20. The van der Waals surface area contributed by atoms with Gasteiger partial charge in [-0.05, 0) is 87.6 Å². The molecular formula is C25H31NO3. The average molecular weight is 394 g/mol. The van der Waals surface area contributed by atoms with Gasteiger partial charge in [-0.3, -0.25) is 9.69 Å². The zero-order valence-electron chi connectivity index (χ0n) is 17.9. The fraction of sp³-hybridized carbons (Fsp3) is 0.520. The molecule has 4 nitrogen and oxygen atoms in total. The average Bonchev–Trinajstić information content (AvgIpc) is 3.46. The molecule has 0 heterocycles. The van der Waals surface area contributed by atoms with Crippen molar-refractivity contribution in [2.24, 2.45) is 11.8 Å². The molecule has 0 bridgehead atoms. The van der Waals surface area contributed by atoms with E-state index >= 15 is 0 Å². The molecule has 2 fully saturated rings. The van der Waals surface area contributed by atoms with E-state index in [1.165, 1.54) is 18.9 Å². The highest BCUT2D eigenvalue weighted by atomic mass is 16.5. The zero-order valence-corrected chi connectivity index (χ0v) is 17.9. The normalized spacial score (nSPS) is 28.0. The largest absolute Gasteiger partial charge is 0.423 e. The minimum atomic E-state index is -0.401. The van der Waals surface area contributed by atoms with Crippen molar-refractivity contribution in [1.82, 2.24) is 4.90 Å². The monoisotopic (exact) mass is 393 g/mol. The van der Waals surface area contributed by atoms with Crippen molar-refractivity contribution in [2.45, 2.75) is 57.9 Å². The highest BCUT2D eigenvalue weighted by molar-refractivity contribution is 6.04. The van der Waals surface area contributed by atoms with Gasteiger partial charge in [0.1, 0.15) is 5.75 Å². The predicted molar refractivity (Wildman–Crippen MR) is 114 cm³/mol. The molecule has 1 aromatic rings. The first-order chi connectivity index (χ1) is 13.8. The van der Waals surface area contributed by atoms with Gasteiger partial charge in [-0.2, -0.15) is 0 Å². The molecule has 0 aliphatic heterocycles. The number of carbonyl (C=O) groups is 2. The lowest BCUT2D eigenvalue weighted by Crippen LogP contribution is -2.60. The van der Waals surface area contributed by atoms with Gasteiger partial charge in [0.2, 0.25) is 0 Å². The molecule has 3 aliphatic carbocycles. The molecule has 154 valence electrons. The van der Waals surface area contributed by atoms with Crippen molar-refractivity contribution in [3.63, 3.8) is 0 Å². The van der Waals surface area contributed by atoms with Crippen molar-refractivity contribution in [3.05, 3.63) is 53.1 Å². The first-order valence-electron chi connectivity index (χ1n) is 10.7. The molecular weight excluding hydrogens is 362 g/mol. The van der Waals surface area contributed by atoms with Crippen LogP contribution in [0.4, 0.5) is 0 Å². The van der Waals surface area contributed by atoms with Crippen LogP contribution in [-0.2, 0) is 10.2 Å². The molecule has 0 aromatic heterocycles. The summed E-state index contributed by atoms with van der Waals surface area (Å²) >= 11 is 0. The molecule has 3 atom stereocenters. The van der Waals surface area contributed by atoms with E-state index in [1.807, 2.05) is 32.1 Å². The number of hydrogen-bond acceptors (Lipinski definition) is 4. The van der Waals surface area contributed by atoms with E-state index in [2.05, 4.69) is 18.9 Å². The Bertz CT molecular complexity index is 891. The first kappa shape index (κ1) is 20.1. The molecule has 0 unspecified atom stereocenters. The van der Waals surface area contributed by atoms with Crippen LogP contribution in [0.5, 0.6) is 5.75 Å². The number of nitrogens with zero attached hydrogens (tertiary/aromatic N) is 1.